The highest BCUT2D eigenvalue weighted by atomic mass is 16.3. The second-order valence-electron chi connectivity index (χ2n) is 4.52. The van der Waals surface area contributed by atoms with Gasteiger partial charge in [-0.15, -0.1) is 0 Å². The topological polar surface area (TPSA) is 56.0 Å². The molecule has 1 aliphatic heterocycles. The van der Waals surface area contributed by atoms with Gasteiger partial charge in [-0.05, 0) is 32.7 Å². The van der Waals surface area contributed by atoms with Crippen LogP contribution in [0.1, 0.15) is 27.2 Å². The van der Waals surface area contributed by atoms with E-state index in [1.807, 2.05) is 20.8 Å². The van der Waals surface area contributed by atoms with Crippen LogP contribution in [-0.4, -0.2) is 23.8 Å². The number of piperidine rings is 1. The third-order valence-electron chi connectivity index (χ3n) is 3.31. The number of hydrogen-bond acceptors (Lipinski definition) is 3. The Balaban J connectivity index is 2.91. The summed E-state index contributed by atoms with van der Waals surface area (Å²) in [6.07, 6.45) is 0.661. The van der Waals surface area contributed by atoms with Crippen LogP contribution in [0.15, 0.2) is 0 Å². The third-order valence-corrected chi connectivity index (χ3v) is 3.31. The summed E-state index contributed by atoms with van der Waals surface area (Å²) in [5, 5.41) is 22.6. The maximum Gasteiger partial charge on any atom is 0.0877 e. The third kappa shape index (κ3) is 1.56. The number of nitriles is 1. The van der Waals surface area contributed by atoms with Crippen LogP contribution in [0.25, 0.3) is 0 Å². The molecule has 0 amide bonds. The average molecular weight is 182 g/mol. The smallest absolute Gasteiger partial charge is 0.0877 e. The lowest BCUT2D eigenvalue weighted by molar-refractivity contribution is -0.0993. The van der Waals surface area contributed by atoms with Crippen LogP contribution >= 0.6 is 0 Å². The lowest BCUT2D eigenvalue weighted by Gasteiger charge is -2.45. The van der Waals surface area contributed by atoms with Crippen molar-refractivity contribution in [1.29, 1.82) is 5.26 Å². The number of nitrogens with one attached hydrogen (secondary N) is 1. The Labute approximate surface area is 79.8 Å². The first-order valence-electron chi connectivity index (χ1n) is 4.78. The minimum Gasteiger partial charge on any atom is -0.388 e. The molecule has 1 fully saturated rings. The summed E-state index contributed by atoms with van der Waals surface area (Å²) in [4.78, 5) is 0. The maximum absolute atomic E-state index is 10.4. The second-order valence-corrected chi connectivity index (χ2v) is 4.52. The van der Waals surface area contributed by atoms with E-state index < -0.39 is 11.0 Å². The van der Waals surface area contributed by atoms with Gasteiger partial charge < -0.3 is 10.4 Å². The normalized spacial score (nSPS) is 35.5. The Hall–Kier alpha value is -0.590. The van der Waals surface area contributed by atoms with Gasteiger partial charge in [0, 0.05) is 6.54 Å². The van der Waals surface area contributed by atoms with Crippen LogP contribution in [0.4, 0.5) is 0 Å². The van der Waals surface area contributed by atoms with Gasteiger partial charge in [-0.1, -0.05) is 6.92 Å². The fourth-order valence-corrected chi connectivity index (χ4v) is 2.04. The molecular formula is C10H18N2O. The van der Waals surface area contributed by atoms with E-state index in [2.05, 4.69) is 11.4 Å². The molecule has 74 valence electrons. The van der Waals surface area contributed by atoms with Gasteiger partial charge in [-0.2, -0.15) is 5.26 Å². The molecule has 2 unspecified atom stereocenters. The summed E-state index contributed by atoms with van der Waals surface area (Å²) >= 11 is 0. The molecular weight excluding hydrogens is 164 g/mol. The number of nitrogens with zero attached hydrogens (tertiary/aromatic N) is 1. The molecule has 2 atom stereocenters. The highest BCUT2D eigenvalue weighted by Gasteiger charge is 2.48. The Morgan fingerprint density at radius 2 is 2.23 bits per heavy atom. The number of hydrogen-bond donors (Lipinski definition) is 2. The highest BCUT2D eigenvalue weighted by molar-refractivity contribution is 5.10. The number of aliphatic hydroxyl groups is 1. The highest BCUT2D eigenvalue weighted by Crippen LogP contribution is 2.40. The van der Waals surface area contributed by atoms with Crippen LogP contribution < -0.4 is 5.32 Å². The summed E-state index contributed by atoms with van der Waals surface area (Å²) in [5.41, 5.74) is -1.50. The van der Waals surface area contributed by atoms with Crippen molar-refractivity contribution in [2.75, 3.05) is 13.1 Å². The molecule has 2 N–H and O–H groups in total. The SMILES string of the molecule is CC1CNCCC1(O)C(C)(C)C#N. The van der Waals surface area contributed by atoms with Crippen molar-refractivity contribution in [3.63, 3.8) is 0 Å². The van der Waals surface area contributed by atoms with Gasteiger partial charge in [0.1, 0.15) is 0 Å². The molecule has 1 aliphatic rings. The quantitative estimate of drug-likeness (QED) is 0.633. The predicted octanol–water partition coefficient (Wildman–Crippen LogP) is 0.897. The zero-order valence-electron chi connectivity index (χ0n) is 8.59. The molecule has 0 saturated carbocycles. The molecule has 1 rings (SSSR count). The lowest BCUT2D eigenvalue weighted by atomic mass is 9.66. The molecule has 1 heterocycles. The molecule has 0 aromatic heterocycles. The molecule has 0 aromatic rings. The van der Waals surface area contributed by atoms with E-state index in [0.29, 0.717) is 6.42 Å². The average Bonchev–Trinajstić information content (AvgIpc) is 2.10. The summed E-state index contributed by atoms with van der Waals surface area (Å²) in [5.74, 6) is 0.135. The Morgan fingerprint density at radius 3 is 2.69 bits per heavy atom. The van der Waals surface area contributed by atoms with Gasteiger partial charge in [0.15, 0.2) is 0 Å². The zero-order chi connectivity index (χ0) is 10.1. The van der Waals surface area contributed by atoms with E-state index in [1.165, 1.54) is 0 Å². The first-order chi connectivity index (χ1) is 5.94. The predicted molar refractivity (Wildman–Crippen MR) is 51.0 cm³/mol. The van der Waals surface area contributed by atoms with Crippen LogP contribution in [0, 0.1) is 22.7 Å². The fourth-order valence-electron chi connectivity index (χ4n) is 2.04. The van der Waals surface area contributed by atoms with Crippen molar-refractivity contribution < 1.29 is 5.11 Å². The van der Waals surface area contributed by atoms with E-state index in [0.717, 1.165) is 13.1 Å². The van der Waals surface area contributed by atoms with E-state index in [9.17, 15) is 5.11 Å². The van der Waals surface area contributed by atoms with Crippen molar-refractivity contribution in [1.82, 2.24) is 5.32 Å². The molecule has 0 aliphatic carbocycles. The Morgan fingerprint density at radius 1 is 1.62 bits per heavy atom. The Kier molecular flexibility index (Phi) is 2.65. The van der Waals surface area contributed by atoms with E-state index in [4.69, 9.17) is 5.26 Å². The summed E-state index contributed by atoms with van der Waals surface area (Å²) < 4.78 is 0. The molecule has 3 heteroatoms. The summed E-state index contributed by atoms with van der Waals surface area (Å²) in [6.45, 7) is 7.21. The van der Waals surface area contributed by atoms with Gasteiger partial charge in [0.05, 0.1) is 17.1 Å². The van der Waals surface area contributed by atoms with Gasteiger partial charge in [0.2, 0.25) is 0 Å². The standard InChI is InChI=1S/C10H18N2O/c1-8-6-12-5-4-10(8,13)9(2,3)7-11/h8,12-13H,4-6H2,1-3H3. The Bertz CT molecular complexity index is 232. The fraction of sp³-hybridized carbons (Fsp3) is 0.900. The lowest BCUT2D eigenvalue weighted by Crippen LogP contribution is -2.56. The van der Waals surface area contributed by atoms with Crippen LogP contribution in [0.2, 0.25) is 0 Å². The molecule has 0 radical (unpaired) electrons. The summed E-state index contributed by atoms with van der Waals surface area (Å²) in [7, 11) is 0. The molecule has 13 heavy (non-hydrogen) atoms. The van der Waals surface area contributed by atoms with Crippen molar-refractivity contribution >= 4 is 0 Å². The summed E-state index contributed by atoms with van der Waals surface area (Å²) in [6, 6.07) is 2.20. The molecule has 0 bridgehead atoms. The van der Waals surface area contributed by atoms with Crippen molar-refractivity contribution in [2.45, 2.75) is 32.8 Å². The first-order valence-corrected chi connectivity index (χ1v) is 4.78. The van der Waals surface area contributed by atoms with E-state index in [-0.39, 0.29) is 5.92 Å². The molecule has 3 nitrogen and oxygen atoms in total. The van der Waals surface area contributed by atoms with Gasteiger partial charge in [-0.3, -0.25) is 0 Å². The first kappa shape index (κ1) is 10.5. The van der Waals surface area contributed by atoms with Crippen LogP contribution in [-0.2, 0) is 0 Å². The number of rotatable bonds is 1. The molecule has 0 spiro atoms. The monoisotopic (exact) mass is 182 g/mol. The minimum absolute atomic E-state index is 0.135. The van der Waals surface area contributed by atoms with Crippen LogP contribution in [0.5, 0.6) is 0 Å². The van der Waals surface area contributed by atoms with E-state index in [1.54, 1.807) is 0 Å². The van der Waals surface area contributed by atoms with Crippen molar-refractivity contribution in [2.24, 2.45) is 11.3 Å². The molecule has 0 aromatic carbocycles. The van der Waals surface area contributed by atoms with Gasteiger partial charge in [-0.25, -0.2) is 0 Å². The molecule has 1 saturated heterocycles. The van der Waals surface area contributed by atoms with Gasteiger partial charge >= 0.3 is 0 Å². The van der Waals surface area contributed by atoms with Crippen molar-refractivity contribution in [3.8, 4) is 6.07 Å². The second kappa shape index (κ2) is 3.28. The largest absolute Gasteiger partial charge is 0.388 e. The minimum atomic E-state index is -0.840. The van der Waals surface area contributed by atoms with Crippen LogP contribution in [0.3, 0.4) is 0 Å². The van der Waals surface area contributed by atoms with E-state index >= 15 is 0 Å². The van der Waals surface area contributed by atoms with Gasteiger partial charge in [0.25, 0.3) is 0 Å². The zero-order valence-corrected chi connectivity index (χ0v) is 8.59. The maximum atomic E-state index is 10.4. The van der Waals surface area contributed by atoms with Crippen molar-refractivity contribution in [3.05, 3.63) is 0 Å².